The van der Waals surface area contributed by atoms with Gasteiger partial charge < -0.3 is 9.47 Å². The molecule has 0 saturated carbocycles. The highest BCUT2D eigenvalue weighted by Crippen LogP contribution is 2.25. The van der Waals surface area contributed by atoms with Gasteiger partial charge in [0.2, 0.25) is 0 Å². The number of halogens is 1. The van der Waals surface area contributed by atoms with E-state index in [1.807, 2.05) is 6.07 Å². The van der Waals surface area contributed by atoms with E-state index in [1.54, 1.807) is 0 Å². The topological polar surface area (TPSA) is 18.5 Å². The summed E-state index contributed by atoms with van der Waals surface area (Å²) in [6, 6.07) is 12.5. The number of rotatable bonds is 12. The first-order chi connectivity index (χ1) is 11.8. The number of ether oxygens (including phenoxy) is 2. The van der Waals surface area contributed by atoms with Gasteiger partial charge in [0.25, 0.3) is 0 Å². The van der Waals surface area contributed by atoms with Crippen molar-refractivity contribution in [3.8, 4) is 11.5 Å². The Hall–Kier alpha value is -1.22. The van der Waals surface area contributed by atoms with E-state index in [9.17, 15) is 0 Å². The van der Waals surface area contributed by atoms with Gasteiger partial charge in [-0.15, -0.1) is 0 Å². The largest absolute Gasteiger partial charge is 0.494 e. The van der Waals surface area contributed by atoms with Crippen molar-refractivity contribution in [2.75, 3.05) is 18.5 Å². The van der Waals surface area contributed by atoms with Crippen LogP contribution in [0, 0.1) is 0 Å². The molecule has 0 spiro atoms. The second-order valence-corrected chi connectivity index (χ2v) is 6.97. The zero-order valence-electron chi connectivity index (χ0n) is 14.7. The number of hydrogen-bond acceptors (Lipinski definition) is 2. The average molecular weight is 393 g/mol. The van der Waals surface area contributed by atoms with Crippen LogP contribution in [0.25, 0.3) is 10.8 Å². The first-order valence-electron chi connectivity index (χ1n) is 9.19. The summed E-state index contributed by atoms with van der Waals surface area (Å²) in [6.07, 6.45) is 8.70. The van der Waals surface area contributed by atoms with Crippen molar-refractivity contribution < 1.29 is 9.47 Å². The molecule has 2 rings (SSSR count). The predicted octanol–water partition coefficient (Wildman–Crippen LogP) is 6.74. The SMILES string of the molecule is CCCOc1ccc2cc(OCCCCCCCCBr)ccc2c1. The molecule has 0 aliphatic carbocycles. The van der Waals surface area contributed by atoms with Gasteiger partial charge in [-0.2, -0.15) is 0 Å². The van der Waals surface area contributed by atoms with Crippen molar-refractivity contribution in [2.45, 2.75) is 51.9 Å². The molecule has 0 radical (unpaired) electrons. The van der Waals surface area contributed by atoms with E-state index in [4.69, 9.17) is 9.47 Å². The quantitative estimate of drug-likeness (QED) is 0.294. The Balaban J connectivity index is 1.74. The standard InChI is InChI=1S/C21H29BrO2/c1-2-14-23-20-11-9-19-17-21(12-10-18(19)16-20)24-15-8-6-4-3-5-7-13-22/h9-12,16-17H,2-8,13-15H2,1H3. The fraction of sp³-hybridized carbons (Fsp3) is 0.524. The van der Waals surface area contributed by atoms with Crippen LogP contribution in [-0.4, -0.2) is 18.5 Å². The molecule has 2 aromatic rings. The number of benzene rings is 2. The van der Waals surface area contributed by atoms with E-state index in [-0.39, 0.29) is 0 Å². The Kier molecular flexibility index (Phi) is 9.04. The van der Waals surface area contributed by atoms with Crippen molar-refractivity contribution >= 4 is 26.7 Å². The molecule has 0 aromatic heterocycles. The van der Waals surface area contributed by atoms with Crippen molar-refractivity contribution in [1.82, 2.24) is 0 Å². The van der Waals surface area contributed by atoms with E-state index in [0.717, 1.165) is 42.9 Å². The number of fused-ring (bicyclic) bond motifs is 1. The molecule has 0 aliphatic rings. The van der Waals surface area contributed by atoms with E-state index in [0.29, 0.717) is 0 Å². The average Bonchev–Trinajstić information content (AvgIpc) is 2.62. The Morgan fingerprint density at radius 1 is 0.708 bits per heavy atom. The lowest BCUT2D eigenvalue weighted by atomic mass is 10.1. The third kappa shape index (κ3) is 6.72. The third-order valence-electron chi connectivity index (χ3n) is 4.05. The van der Waals surface area contributed by atoms with Crippen molar-refractivity contribution in [1.29, 1.82) is 0 Å². The zero-order valence-corrected chi connectivity index (χ0v) is 16.3. The van der Waals surface area contributed by atoms with Gasteiger partial charge in [-0.25, -0.2) is 0 Å². The zero-order chi connectivity index (χ0) is 17.0. The van der Waals surface area contributed by atoms with E-state index < -0.39 is 0 Å². The summed E-state index contributed by atoms with van der Waals surface area (Å²) in [5, 5.41) is 3.53. The third-order valence-corrected chi connectivity index (χ3v) is 4.61. The van der Waals surface area contributed by atoms with Crippen LogP contribution >= 0.6 is 15.9 Å². The van der Waals surface area contributed by atoms with Gasteiger partial charge in [-0.05, 0) is 54.3 Å². The molecule has 2 nitrogen and oxygen atoms in total. The molecule has 0 amide bonds. The first kappa shape index (κ1) is 19.1. The highest BCUT2D eigenvalue weighted by molar-refractivity contribution is 9.09. The monoisotopic (exact) mass is 392 g/mol. The van der Waals surface area contributed by atoms with Gasteiger partial charge in [0.15, 0.2) is 0 Å². The van der Waals surface area contributed by atoms with Crippen LogP contribution in [0.2, 0.25) is 0 Å². The minimum atomic E-state index is 0.767. The molecule has 0 heterocycles. The Morgan fingerprint density at radius 2 is 1.25 bits per heavy atom. The lowest BCUT2D eigenvalue weighted by molar-refractivity contribution is 0.304. The number of hydrogen-bond donors (Lipinski definition) is 0. The second kappa shape index (κ2) is 11.4. The summed E-state index contributed by atoms with van der Waals surface area (Å²) in [6.45, 7) is 3.69. The van der Waals surface area contributed by atoms with E-state index in [2.05, 4.69) is 53.2 Å². The molecule has 0 unspecified atom stereocenters. The minimum Gasteiger partial charge on any atom is -0.494 e. The Bertz CT molecular complexity index is 597. The molecule has 0 saturated heterocycles. The summed E-state index contributed by atoms with van der Waals surface area (Å²) in [4.78, 5) is 0. The molecule has 0 N–H and O–H groups in total. The molecule has 132 valence electrons. The molecule has 0 atom stereocenters. The van der Waals surface area contributed by atoms with E-state index >= 15 is 0 Å². The van der Waals surface area contributed by atoms with Crippen LogP contribution in [0.5, 0.6) is 11.5 Å². The van der Waals surface area contributed by atoms with Gasteiger partial charge >= 0.3 is 0 Å². The van der Waals surface area contributed by atoms with Gasteiger partial charge in [0.05, 0.1) is 13.2 Å². The maximum absolute atomic E-state index is 5.90. The summed E-state index contributed by atoms with van der Waals surface area (Å²) in [5.74, 6) is 1.90. The lowest BCUT2D eigenvalue weighted by Crippen LogP contribution is -1.97. The Labute approximate surface area is 154 Å². The summed E-state index contributed by atoms with van der Waals surface area (Å²) >= 11 is 3.47. The minimum absolute atomic E-state index is 0.767. The van der Waals surface area contributed by atoms with Crippen LogP contribution in [0.4, 0.5) is 0 Å². The molecule has 0 fully saturated rings. The molecule has 2 aromatic carbocycles. The van der Waals surface area contributed by atoms with Gasteiger partial charge in [0.1, 0.15) is 11.5 Å². The number of alkyl halides is 1. The number of unbranched alkanes of at least 4 members (excludes halogenated alkanes) is 5. The van der Waals surface area contributed by atoms with Crippen LogP contribution < -0.4 is 9.47 Å². The molecular formula is C21H29BrO2. The Morgan fingerprint density at radius 3 is 1.83 bits per heavy atom. The fourth-order valence-electron chi connectivity index (χ4n) is 2.70. The van der Waals surface area contributed by atoms with Gasteiger partial charge in [-0.3, -0.25) is 0 Å². The highest BCUT2D eigenvalue weighted by Gasteiger charge is 2.01. The van der Waals surface area contributed by atoms with Gasteiger partial charge in [0, 0.05) is 5.33 Å². The van der Waals surface area contributed by atoms with Crippen LogP contribution in [0.1, 0.15) is 51.9 Å². The van der Waals surface area contributed by atoms with Crippen molar-refractivity contribution in [3.63, 3.8) is 0 Å². The highest BCUT2D eigenvalue weighted by atomic mass is 79.9. The molecular weight excluding hydrogens is 364 g/mol. The van der Waals surface area contributed by atoms with Crippen LogP contribution in [0.3, 0.4) is 0 Å². The smallest absolute Gasteiger partial charge is 0.119 e. The van der Waals surface area contributed by atoms with E-state index in [1.165, 1.54) is 42.9 Å². The predicted molar refractivity (Wildman–Crippen MR) is 107 cm³/mol. The first-order valence-corrected chi connectivity index (χ1v) is 10.3. The summed E-state index contributed by atoms with van der Waals surface area (Å²) in [7, 11) is 0. The van der Waals surface area contributed by atoms with Crippen LogP contribution in [-0.2, 0) is 0 Å². The normalized spacial score (nSPS) is 10.9. The molecule has 24 heavy (non-hydrogen) atoms. The molecule has 3 heteroatoms. The molecule has 0 aliphatic heterocycles. The summed E-state index contributed by atoms with van der Waals surface area (Å²) in [5.41, 5.74) is 0. The lowest BCUT2D eigenvalue weighted by Gasteiger charge is -2.09. The maximum atomic E-state index is 5.90. The fourth-order valence-corrected chi connectivity index (χ4v) is 3.09. The van der Waals surface area contributed by atoms with Crippen molar-refractivity contribution in [3.05, 3.63) is 36.4 Å². The maximum Gasteiger partial charge on any atom is 0.119 e. The van der Waals surface area contributed by atoms with Gasteiger partial charge in [-0.1, -0.05) is 60.7 Å². The second-order valence-electron chi connectivity index (χ2n) is 6.18. The summed E-state index contributed by atoms with van der Waals surface area (Å²) < 4.78 is 11.6. The van der Waals surface area contributed by atoms with Crippen molar-refractivity contribution in [2.24, 2.45) is 0 Å². The molecule has 0 bridgehead atoms. The van der Waals surface area contributed by atoms with Crippen LogP contribution in [0.15, 0.2) is 36.4 Å².